The van der Waals surface area contributed by atoms with Crippen LogP contribution in [0.2, 0.25) is 0 Å². The standard InChI is InChI=1S/C21H25F3N4O/c1-14(2)20-25-15(3)11-18(26-20)27-7-9-28(10-8-27)19(29)13-16-5-4-6-17(12-16)21(22,23)24/h4-6,11-12,14H,7-10,13H2,1-3H3. The maximum Gasteiger partial charge on any atom is 0.416 e. The third kappa shape index (κ3) is 5.25. The Morgan fingerprint density at radius 2 is 1.79 bits per heavy atom. The van der Waals surface area contributed by atoms with E-state index in [4.69, 9.17) is 0 Å². The molecule has 1 amide bonds. The van der Waals surface area contributed by atoms with Crippen molar-refractivity contribution < 1.29 is 18.0 Å². The van der Waals surface area contributed by atoms with Gasteiger partial charge in [0.25, 0.3) is 0 Å². The second-order valence-electron chi connectivity index (χ2n) is 7.62. The molecule has 1 aromatic heterocycles. The summed E-state index contributed by atoms with van der Waals surface area (Å²) in [5.41, 5.74) is 0.551. The van der Waals surface area contributed by atoms with Crippen LogP contribution in [-0.2, 0) is 17.4 Å². The van der Waals surface area contributed by atoms with Crippen LogP contribution in [0.1, 0.15) is 42.4 Å². The highest BCUT2D eigenvalue weighted by atomic mass is 19.4. The predicted octanol–water partition coefficient (Wildman–Crippen LogP) is 3.82. The van der Waals surface area contributed by atoms with Crippen LogP contribution in [0.4, 0.5) is 19.0 Å². The second kappa shape index (κ2) is 8.39. The normalized spacial score (nSPS) is 15.1. The van der Waals surface area contributed by atoms with Gasteiger partial charge in [-0.15, -0.1) is 0 Å². The zero-order chi connectivity index (χ0) is 21.2. The summed E-state index contributed by atoms with van der Waals surface area (Å²) in [7, 11) is 0. The number of aryl methyl sites for hydroxylation is 1. The van der Waals surface area contributed by atoms with Crippen LogP contribution in [0.3, 0.4) is 0 Å². The van der Waals surface area contributed by atoms with E-state index in [1.54, 1.807) is 11.0 Å². The number of nitrogens with zero attached hydrogens (tertiary/aromatic N) is 4. The number of anilines is 1. The Morgan fingerprint density at radius 1 is 1.10 bits per heavy atom. The van der Waals surface area contributed by atoms with Gasteiger partial charge < -0.3 is 9.80 Å². The van der Waals surface area contributed by atoms with Gasteiger partial charge in [0, 0.05) is 43.9 Å². The van der Waals surface area contributed by atoms with Crippen molar-refractivity contribution in [3.63, 3.8) is 0 Å². The van der Waals surface area contributed by atoms with E-state index < -0.39 is 11.7 Å². The lowest BCUT2D eigenvalue weighted by molar-refractivity contribution is -0.138. The molecule has 156 valence electrons. The lowest BCUT2D eigenvalue weighted by Crippen LogP contribution is -2.49. The minimum absolute atomic E-state index is 0.0337. The summed E-state index contributed by atoms with van der Waals surface area (Å²) in [5, 5.41) is 0. The van der Waals surface area contributed by atoms with Gasteiger partial charge in [0.1, 0.15) is 11.6 Å². The number of hydrogen-bond acceptors (Lipinski definition) is 4. The van der Waals surface area contributed by atoms with E-state index >= 15 is 0 Å². The molecule has 0 unspecified atom stereocenters. The maximum atomic E-state index is 12.9. The first kappa shape index (κ1) is 21.1. The molecule has 0 spiro atoms. The van der Waals surface area contributed by atoms with Crippen LogP contribution in [-0.4, -0.2) is 47.0 Å². The van der Waals surface area contributed by atoms with E-state index in [1.165, 1.54) is 6.07 Å². The SMILES string of the molecule is Cc1cc(N2CCN(C(=O)Cc3cccc(C(F)(F)F)c3)CC2)nc(C(C)C)n1. The van der Waals surface area contributed by atoms with Gasteiger partial charge >= 0.3 is 6.18 Å². The molecule has 0 aliphatic carbocycles. The van der Waals surface area contributed by atoms with Crippen LogP contribution >= 0.6 is 0 Å². The van der Waals surface area contributed by atoms with E-state index in [-0.39, 0.29) is 18.2 Å². The van der Waals surface area contributed by atoms with Crippen molar-refractivity contribution in [2.75, 3.05) is 31.1 Å². The number of hydrogen-bond donors (Lipinski definition) is 0. The average molecular weight is 406 g/mol. The van der Waals surface area contributed by atoms with Crippen molar-refractivity contribution >= 4 is 11.7 Å². The number of amides is 1. The molecule has 2 heterocycles. The fourth-order valence-corrected chi connectivity index (χ4v) is 3.32. The zero-order valence-electron chi connectivity index (χ0n) is 16.8. The van der Waals surface area contributed by atoms with Gasteiger partial charge in [-0.25, -0.2) is 9.97 Å². The molecular formula is C21H25F3N4O. The van der Waals surface area contributed by atoms with Crippen LogP contribution in [0, 0.1) is 6.92 Å². The van der Waals surface area contributed by atoms with Crippen LogP contribution in [0.15, 0.2) is 30.3 Å². The molecule has 29 heavy (non-hydrogen) atoms. The second-order valence-corrected chi connectivity index (χ2v) is 7.62. The lowest BCUT2D eigenvalue weighted by atomic mass is 10.1. The number of carbonyl (C=O) groups is 1. The Kier molecular flexibility index (Phi) is 6.10. The number of rotatable bonds is 4. The van der Waals surface area contributed by atoms with Gasteiger partial charge in [0.15, 0.2) is 0 Å². The third-order valence-corrected chi connectivity index (χ3v) is 4.94. The highest BCUT2D eigenvalue weighted by molar-refractivity contribution is 5.79. The molecule has 1 aliphatic heterocycles. The zero-order valence-corrected chi connectivity index (χ0v) is 16.8. The molecule has 2 aromatic rings. The Hall–Kier alpha value is -2.64. The monoisotopic (exact) mass is 406 g/mol. The topological polar surface area (TPSA) is 49.3 Å². The summed E-state index contributed by atoms with van der Waals surface area (Å²) < 4.78 is 38.6. The summed E-state index contributed by atoms with van der Waals surface area (Å²) in [4.78, 5) is 25.5. The van der Waals surface area contributed by atoms with Gasteiger partial charge in [-0.1, -0.05) is 32.0 Å². The largest absolute Gasteiger partial charge is 0.416 e. The molecule has 0 bridgehead atoms. The van der Waals surface area contributed by atoms with E-state index in [0.29, 0.717) is 31.7 Å². The highest BCUT2D eigenvalue weighted by Crippen LogP contribution is 2.29. The van der Waals surface area contributed by atoms with Crippen molar-refractivity contribution in [2.45, 2.75) is 39.3 Å². The van der Waals surface area contributed by atoms with Crippen molar-refractivity contribution in [2.24, 2.45) is 0 Å². The summed E-state index contributed by atoms with van der Waals surface area (Å²) >= 11 is 0. The first-order valence-electron chi connectivity index (χ1n) is 9.68. The van der Waals surface area contributed by atoms with Gasteiger partial charge in [-0.05, 0) is 18.6 Å². The summed E-state index contributed by atoms with van der Waals surface area (Å²) in [5.74, 6) is 1.71. The molecule has 3 rings (SSSR count). The average Bonchev–Trinajstić information content (AvgIpc) is 2.67. The fourth-order valence-electron chi connectivity index (χ4n) is 3.32. The predicted molar refractivity (Wildman–Crippen MR) is 105 cm³/mol. The van der Waals surface area contributed by atoms with Crippen molar-refractivity contribution in [1.29, 1.82) is 0 Å². The quantitative estimate of drug-likeness (QED) is 0.775. The van der Waals surface area contributed by atoms with Gasteiger partial charge in [0.05, 0.1) is 12.0 Å². The maximum absolute atomic E-state index is 12.9. The third-order valence-electron chi connectivity index (χ3n) is 4.94. The van der Waals surface area contributed by atoms with Crippen molar-refractivity contribution in [3.05, 3.63) is 53.0 Å². The fraction of sp³-hybridized carbons (Fsp3) is 0.476. The number of piperazine rings is 1. The number of aromatic nitrogens is 2. The van der Waals surface area contributed by atoms with E-state index in [9.17, 15) is 18.0 Å². The molecule has 1 aromatic carbocycles. The lowest BCUT2D eigenvalue weighted by Gasteiger charge is -2.35. The minimum atomic E-state index is -4.41. The van der Waals surface area contributed by atoms with Crippen molar-refractivity contribution in [3.8, 4) is 0 Å². The molecule has 0 saturated carbocycles. The van der Waals surface area contributed by atoms with E-state index in [2.05, 4.69) is 14.9 Å². The van der Waals surface area contributed by atoms with Crippen molar-refractivity contribution in [1.82, 2.24) is 14.9 Å². The van der Waals surface area contributed by atoms with E-state index in [0.717, 1.165) is 29.5 Å². The first-order chi connectivity index (χ1) is 13.6. The number of alkyl halides is 3. The van der Waals surface area contributed by atoms with E-state index in [1.807, 2.05) is 26.8 Å². The Bertz CT molecular complexity index is 874. The van der Waals surface area contributed by atoms with Gasteiger partial charge in [-0.3, -0.25) is 4.79 Å². The smallest absolute Gasteiger partial charge is 0.353 e. The molecule has 1 saturated heterocycles. The molecule has 1 aliphatic rings. The Labute approximate surface area is 168 Å². The molecule has 0 atom stereocenters. The van der Waals surface area contributed by atoms with Gasteiger partial charge in [-0.2, -0.15) is 13.2 Å². The molecular weight excluding hydrogens is 381 g/mol. The summed E-state index contributed by atoms with van der Waals surface area (Å²) in [6.07, 6.45) is -4.44. The Morgan fingerprint density at radius 3 is 2.41 bits per heavy atom. The molecule has 8 heteroatoms. The Balaban J connectivity index is 1.62. The number of carbonyl (C=O) groups excluding carboxylic acids is 1. The number of halogens is 3. The van der Waals surface area contributed by atoms with Gasteiger partial charge in [0.2, 0.25) is 5.91 Å². The molecule has 5 nitrogen and oxygen atoms in total. The molecule has 0 radical (unpaired) electrons. The molecule has 1 fully saturated rings. The van der Waals surface area contributed by atoms with Crippen LogP contribution < -0.4 is 4.90 Å². The summed E-state index contributed by atoms with van der Waals surface area (Å²) in [6, 6.07) is 6.90. The number of benzene rings is 1. The molecule has 0 N–H and O–H groups in total. The van der Waals surface area contributed by atoms with Crippen LogP contribution in [0.25, 0.3) is 0 Å². The summed E-state index contributed by atoms with van der Waals surface area (Å²) in [6.45, 7) is 8.30. The first-order valence-corrected chi connectivity index (χ1v) is 9.68. The minimum Gasteiger partial charge on any atom is -0.353 e. The van der Waals surface area contributed by atoms with Crippen LogP contribution in [0.5, 0.6) is 0 Å². The highest BCUT2D eigenvalue weighted by Gasteiger charge is 2.30.